The zero-order chi connectivity index (χ0) is 24.7. The number of aliphatic hydroxyl groups excluding tert-OH is 1. The Kier molecular flexibility index (Phi) is 6.30. The van der Waals surface area contributed by atoms with Crippen molar-refractivity contribution in [2.24, 2.45) is 5.73 Å². The molecule has 10 heteroatoms. The van der Waals surface area contributed by atoms with E-state index in [1.807, 2.05) is 29.2 Å². The summed E-state index contributed by atoms with van der Waals surface area (Å²) in [7, 11) is 0. The standard InChI is InChI=1S/C25H24ClFN6O2/c26-19-11-16(5-6-20(19)27)23-22(24(29)34)21-13-32(7-8-33(21)31-23)25(35)30-18-9-17(10-18)15-3-1-14(12-28)2-4-15/h1-6,11,17-18,25,30,35H,7-10,13H2,(H2,29,34)/t17-,18+,25?. The van der Waals surface area contributed by atoms with E-state index < -0.39 is 18.1 Å². The minimum Gasteiger partial charge on any atom is -0.365 e. The van der Waals surface area contributed by atoms with Gasteiger partial charge in [0.1, 0.15) is 11.5 Å². The molecule has 2 aromatic carbocycles. The Labute approximate surface area is 206 Å². The second-order valence-electron chi connectivity index (χ2n) is 9.00. The Morgan fingerprint density at radius 2 is 2.00 bits per heavy atom. The molecule has 1 aliphatic carbocycles. The third-order valence-corrected chi connectivity index (χ3v) is 7.12. The molecule has 35 heavy (non-hydrogen) atoms. The monoisotopic (exact) mass is 494 g/mol. The quantitative estimate of drug-likeness (QED) is 0.453. The van der Waals surface area contributed by atoms with Crippen LogP contribution in [0.2, 0.25) is 5.02 Å². The van der Waals surface area contributed by atoms with Crippen LogP contribution in [0.5, 0.6) is 0 Å². The molecule has 1 aromatic heterocycles. The molecule has 1 amide bonds. The molecule has 1 unspecified atom stereocenters. The van der Waals surface area contributed by atoms with Crippen molar-refractivity contribution in [1.29, 1.82) is 5.26 Å². The number of nitrogens with two attached hydrogens (primary N) is 1. The van der Waals surface area contributed by atoms with Crippen LogP contribution in [-0.4, -0.2) is 44.6 Å². The van der Waals surface area contributed by atoms with Gasteiger partial charge in [0.2, 0.25) is 0 Å². The van der Waals surface area contributed by atoms with Crippen molar-refractivity contribution in [3.8, 4) is 17.3 Å². The largest absolute Gasteiger partial charge is 0.365 e. The number of primary amides is 1. The van der Waals surface area contributed by atoms with Crippen LogP contribution < -0.4 is 11.1 Å². The molecule has 0 radical (unpaired) electrons. The molecule has 1 aliphatic heterocycles. The molecule has 0 saturated heterocycles. The van der Waals surface area contributed by atoms with Gasteiger partial charge in [-0.25, -0.2) is 4.39 Å². The number of carbonyl (C=O) groups excluding carboxylic acids is 1. The molecular formula is C25H24ClFN6O2. The van der Waals surface area contributed by atoms with Gasteiger partial charge in [-0.1, -0.05) is 23.7 Å². The highest BCUT2D eigenvalue weighted by Gasteiger charge is 2.35. The summed E-state index contributed by atoms with van der Waals surface area (Å²) < 4.78 is 15.3. The van der Waals surface area contributed by atoms with Crippen LogP contribution in [0.1, 0.15) is 45.9 Å². The molecule has 1 atom stereocenters. The van der Waals surface area contributed by atoms with Gasteiger partial charge < -0.3 is 10.8 Å². The number of hydrogen-bond donors (Lipinski definition) is 3. The van der Waals surface area contributed by atoms with Gasteiger partial charge in [-0.05, 0) is 54.7 Å². The maximum atomic E-state index is 13.6. The van der Waals surface area contributed by atoms with Gasteiger partial charge in [0, 0.05) is 24.7 Å². The number of nitrogens with zero attached hydrogens (tertiary/aromatic N) is 4. The number of fused-ring (bicyclic) bond motifs is 1. The van der Waals surface area contributed by atoms with E-state index in [4.69, 9.17) is 22.6 Å². The lowest BCUT2D eigenvalue weighted by Crippen LogP contribution is -2.54. The molecule has 2 aliphatic rings. The Morgan fingerprint density at radius 3 is 2.66 bits per heavy atom. The van der Waals surface area contributed by atoms with Crippen LogP contribution >= 0.6 is 11.6 Å². The highest BCUT2D eigenvalue weighted by atomic mass is 35.5. The number of rotatable bonds is 6. The highest BCUT2D eigenvalue weighted by Crippen LogP contribution is 2.37. The summed E-state index contributed by atoms with van der Waals surface area (Å²) >= 11 is 5.93. The SMILES string of the molecule is N#Cc1ccc([C@H]2C[C@@H](NC(O)N3CCn4nc(-c5ccc(F)c(Cl)c5)c(C(N)=O)c4C3)C2)cc1. The summed E-state index contributed by atoms with van der Waals surface area (Å²) in [6, 6.07) is 14.1. The van der Waals surface area contributed by atoms with Gasteiger partial charge in [0.15, 0.2) is 6.35 Å². The Hall–Kier alpha value is -3.29. The normalized spacial score (nSPS) is 20.5. The van der Waals surface area contributed by atoms with E-state index in [1.165, 1.54) is 23.8 Å². The molecule has 4 N–H and O–H groups in total. The summed E-state index contributed by atoms with van der Waals surface area (Å²) in [6.45, 7) is 1.26. The van der Waals surface area contributed by atoms with Crippen molar-refractivity contribution in [3.63, 3.8) is 0 Å². The first kappa shape index (κ1) is 23.5. The number of nitrogens with one attached hydrogen (secondary N) is 1. The van der Waals surface area contributed by atoms with Crippen molar-refractivity contribution in [3.05, 3.63) is 75.7 Å². The van der Waals surface area contributed by atoms with E-state index in [9.17, 15) is 14.3 Å². The second kappa shape index (κ2) is 9.40. The van der Waals surface area contributed by atoms with Crippen LogP contribution in [0.4, 0.5) is 4.39 Å². The second-order valence-corrected chi connectivity index (χ2v) is 9.40. The number of carbonyl (C=O) groups is 1. The Balaban J connectivity index is 1.26. The predicted molar refractivity (Wildman–Crippen MR) is 128 cm³/mol. The lowest BCUT2D eigenvalue weighted by Gasteiger charge is -2.41. The first-order chi connectivity index (χ1) is 16.8. The Morgan fingerprint density at radius 1 is 1.26 bits per heavy atom. The van der Waals surface area contributed by atoms with Gasteiger partial charge in [-0.3, -0.25) is 19.7 Å². The predicted octanol–water partition coefficient (Wildman–Crippen LogP) is 2.94. The molecule has 3 aromatic rings. The highest BCUT2D eigenvalue weighted by molar-refractivity contribution is 6.31. The number of aromatic nitrogens is 2. The third-order valence-electron chi connectivity index (χ3n) is 6.83. The lowest BCUT2D eigenvalue weighted by molar-refractivity contribution is -0.0535. The van der Waals surface area contributed by atoms with Gasteiger partial charge in [0.05, 0.1) is 34.5 Å². The summed E-state index contributed by atoms with van der Waals surface area (Å²) in [6.07, 6.45) is 0.878. The minimum atomic E-state index is -0.894. The number of nitriles is 1. The third kappa shape index (κ3) is 4.54. The molecule has 180 valence electrons. The average Bonchev–Trinajstić information content (AvgIpc) is 3.22. The first-order valence-electron chi connectivity index (χ1n) is 11.4. The number of hydrogen-bond acceptors (Lipinski definition) is 6. The number of halogens is 2. The van der Waals surface area contributed by atoms with E-state index >= 15 is 0 Å². The molecule has 1 fully saturated rings. The number of benzene rings is 2. The summed E-state index contributed by atoms with van der Waals surface area (Å²) in [5, 5.41) is 27.5. The topological polar surface area (TPSA) is 120 Å². The summed E-state index contributed by atoms with van der Waals surface area (Å²) in [5.74, 6) is -0.810. The van der Waals surface area contributed by atoms with Crippen molar-refractivity contribution in [2.45, 2.75) is 44.2 Å². The molecule has 1 saturated carbocycles. The van der Waals surface area contributed by atoms with E-state index in [1.54, 1.807) is 4.68 Å². The maximum Gasteiger partial charge on any atom is 0.252 e. The molecule has 2 heterocycles. The van der Waals surface area contributed by atoms with Crippen molar-refractivity contribution < 1.29 is 14.3 Å². The molecule has 8 nitrogen and oxygen atoms in total. The fourth-order valence-corrected chi connectivity index (χ4v) is 5.00. The zero-order valence-electron chi connectivity index (χ0n) is 18.8. The molecule has 5 rings (SSSR count). The van der Waals surface area contributed by atoms with Gasteiger partial charge >= 0.3 is 0 Å². The fraction of sp³-hybridized carbons (Fsp3) is 0.320. The maximum absolute atomic E-state index is 13.6. The molecular weight excluding hydrogens is 471 g/mol. The molecule has 0 spiro atoms. The average molecular weight is 495 g/mol. The minimum absolute atomic E-state index is 0.0649. The first-order valence-corrected chi connectivity index (χ1v) is 11.7. The van der Waals surface area contributed by atoms with Crippen LogP contribution in [-0.2, 0) is 13.1 Å². The van der Waals surface area contributed by atoms with Crippen molar-refractivity contribution in [2.75, 3.05) is 6.54 Å². The van der Waals surface area contributed by atoms with Crippen LogP contribution in [0, 0.1) is 17.1 Å². The van der Waals surface area contributed by atoms with Crippen molar-refractivity contribution >= 4 is 17.5 Å². The van der Waals surface area contributed by atoms with Gasteiger partial charge in [-0.2, -0.15) is 10.4 Å². The van der Waals surface area contributed by atoms with Gasteiger partial charge in [-0.15, -0.1) is 0 Å². The lowest BCUT2D eigenvalue weighted by atomic mass is 9.76. The fourth-order valence-electron chi connectivity index (χ4n) is 4.82. The van der Waals surface area contributed by atoms with Crippen LogP contribution in [0.3, 0.4) is 0 Å². The van der Waals surface area contributed by atoms with Crippen molar-refractivity contribution in [1.82, 2.24) is 20.0 Å². The van der Waals surface area contributed by atoms with Crippen LogP contribution in [0.25, 0.3) is 11.3 Å². The number of aliphatic hydroxyl groups is 1. The Bertz CT molecular complexity index is 1310. The zero-order valence-corrected chi connectivity index (χ0v) is 19.5. The van der Waals surface area contributed by atoms with Crippen LogP contribution in [0.15, 0.2) is 42.5 Å². The van der Waals surface area contributed by atoms with E-state index in [-0.39, 0.29) is 23.2 Å². The van der Waals surface area contributed by atoms with E-state index in [2.05, 4.69) is 16.5 Å². The number of amides is 1. The van der Waals surface area contributed by atoms with E-state index in [0.29, 0.717) is 41.5 Å². The summed E-state index contributed by atoms with van der Waals surface area (Å²) in [5.41, 5.74) is 9.23. The van der Waals surface area contributed by atoms with E-state index in [0.717, 1.165) is 12.8 Å². The summed E-state index contributed by atoms with van der Waals surface area (Å²) in [4.78, 5) is 14.2. The van der Waals surface area contributed by atoms with Gasteiger partial charge in [0.25, 0.3) is 5.91 Å². The smallest absolute Gasteiger partial charge is 0.252 e. The molecule has 0 bridgehead atoms.